The summed E-state index contributed by atoms with van der Waals surface area (Å²) in [6.45, 7) is -1.71. The van der Waals surface area contributed by atoms with Crippen LogP contribution < -0.4 is 10.1 Å². The average molecular weight is 707 g/mol. The number of carbonyl (C=O) groups excluding carboxylic acids is 1. The molecule has 256 valence electrons. The van der Waals surface area contributed by atoms with Crippen molar-refractivity contribution in [3.63, 3.8) is 0 Å². The number of pyridine rings is 2. The van der Waals surface area contributed by atoms with Gasteiger partial charge < -0.3 is 15.0 Å². The van der Waals surface area contributed by atoms with Gasteiger partial charge in [-0.25, -0.2) is 8.42 Å². The third-order valence-corrected chi connectivity index (χ3v) is 7.93. The Morgan fingerprint density at radius 1 is 0.809 bits per heavy atom. The Balaban J connectivity index is 0.000000318. The van der Waals surface area contributed by atoms with Crippen LogP contribution >= 0.6 is 0 Å². The van der Waals surface area contributed by atoms with Crippen molar-refractivity contribution in [2.45, 2.75) is 55.5 Å². The number of rotatable bonds is 5. The van der Waals surface area contributed by atoms with Gasteiger partial charge in [0, 0.05) is 44.8 Å². The number of alkyl halides is 11. The average Bonchev–Trinajstić information content (AvgIpc) is 3.60. The molecule has 4 heterocycles. The quantitative estimate of drug-likeness (QED) is 0.328. The maximum Gasteiger partial charge on any atom is 0.456 e. The lowest BCUT2D eigenvalue weighted by Crippen LogP contribution is -2.42. The normalized spacial score (nSPS) is 15.1. The summed E-state index contributed by atoms with van der Waals surface area (Å²) in [6.07, 6.45) is -12.1. The van der Waals surface area contributed by atoms with E-state index in [1.54, 1.807) is 0 Å². The second-order valence-electron chi connectivity index (χ2n) is 10.4. The maximum absolute atomic E-state index is 13.3. The molecule has 47 heavy (non-hydrogen) atoms. The topological polar surface area (TPSA) is 101 Å². The van der Waals surface area contributed by atoms with Crippen LogP contribution in [0.15, 0.2) is 47.6 Å². The van der Waals surface area contributed by atoms with Gasteiger partial charge in [-0.05, 0) is 52.6 Å². The lowest BCUT2D eigenvalue weighted by atomic mass is 10.1. The predicted molar refractivity (Wildman–Crippen MR) is 139 cm³/mol. The van der Waals surface area contributed by atoms with Crippen molar-refractivity contribution in [1.29, 1.82) is 0 Å². The second-order valence-corrected chi connectivity index (χ2v) is 12.4. The van der Waals surface area contributed by atoms with Gasteiger partial charge in [-0.3, -0.25) is 14.8 Å². The Kier molecular flexibility index (Phi) is 9.52. The molecule has 0 aliphatic carbocycles. The number of fused-ring (bicyclic) bond motifs is 2. The molecule has 5 rings (SSSR count). The minimum Gasteiger partial charge on any atom is -0.486 e. The number of hydrogen-bond acceptors (Lipinski definition) is 7. The Morgan fingerprint density at radius 3 is 1.89 bits per heavy atom. The molecule has 2 aliphatic heterocycles. The van der Waals surface area contributed by atoms with Crippen LogP contribution in [0.25, 0.3) is 0 Å². The monoisotopic (exact) mass is 706 g/mol. The molecule has 0 bridgehead atoms. The van der Waals surface area contributed by atoms with E-state index >= 15 is 0 Å². The first-order valence-corrected chi connectivity index (χ1v) is 14.9. The van der Waals surface area contributed by atoms with Gasteiger partial charge in [-0.15, -0.1) is 0 Å². The Morgan fingerprint density at radius 2 is 1.34 bits per heavy atom. The molecule has 20 heteroatoms. The van der Waals surface area contributed by atoms with Crippen molar-refractivity contribution in [2.24, 2.45) is 0 Å². The lowest BCUT2D eigenvalue weighted by molar-refractivity contribution is -0.290. The fourth-order valence-corrected chi connectivity index (χ4v) is 5.02. The van der Waals surface area contributed by atoms with Crippen molar-refractivity contribution in [3.8, 4) is 5.75 Å². The smallest absolute Gasteiger partial charge is 0.456 e. The number of halogens is 11. The summed E-state index contributed by atoms with van der Waals surface area (Å²) in [4.78, 5) is 20.1. The molecular formula is C27H21F11N4O4S. The molecule has 3 aromatic rings. The summed E-state index contributed by atoms with van der Waals surface area (Å²) in [7, 11) is -3.93. The molecule has 1 amide bonds. The first kappa shape index (κ1) is 35.8. The number of benzene rings is 1. The molecule has 0 saturated heterocycles. The molecule has 0 saturated carbocycles. The van der Waals surface area contributed by atoms with Gasteiger partial charge in [-0.2, -0.15) is 48.3 Å². The zero-order valence-electron chi connectivity index (χ0n) is 23.6. The number of carbonyl (C=O) groups is 1. The van der Waals surface area contributed by atoms with Crippen LogP contribution in [-0.2, 0) is 48.4 Å². The number of amides is 1. The van der Waals surface area contributed by atoms with E-state index in [9.17, 15) is 61.5 Å². The van der Waals surface area contributed by atoms with E-state index in [2.05, 4.69) is 20.0 Å². The third kappa shape index (κ3) is 8.27. The van der Waals surface area contributed by atoms with Gasteiger partial charge in [0.2, 0.25) is 0 Å². The van der Waals surface area contributed by atoms with Crippen LogP contribution in [0, 0.1) is 0 Å². The standard InChI is InChI=1S/C19H14F8N2O4S.C8H7F3N2/c1-34(31,32)12-2-3-14(33-9-17(20,21)19(25,26)27)13(5-12)16(30)29-7-10-4-15(18(22,23)24)28-6-11(10)8-29;9-8(10,11)7-1-5-2-12-3-6(5)4-13-7/h2-6H,7-9H2,1H3;1,4,12H,2-3H2. The van der Waals surface area contributed by atoms with Gasteiger partial charge in [-0.1, -0.05) is 0 Å². The van der Waals surface area contributed by atoms with Gasteiger partial charge in [0.25, 0.3) is 5.91 Å². The summed E-state index contributed by atoms with van der Waals surface area (Å²) in [6, 6.07) is 4.17. The Labute approximate surface area is 258 Å². The highest BCUT2D eigenvalue weighted by Gasteiger charge is 2.58. The van der Waals surface area contributed by atoms with Gasteiger partial charge in [0.15, 0.2) is 16.4 Å². The molecule has 0 atom stereocenters. The number of ether oxygens (including phenoxy) is 1. The number of nitrogens with one attached hydrogen (secondary N) is 1. The summed E-state index contributed by atoms with van der Waals surface area (Å²) in [5.74, 6) is -7.08. The SMILES string of the molecule is CS(=O)(=O)c1ccc(OCC(F)(F)C(F)(F)F)c(C(=O)N2Cc3cnc(C(F)(F)F)cc3C2)c1.FC(F)(F)c1cc2c(cn1)CNC2. The van der Waals surface area contributed by atoms with E-state index in [0.717, 1.165) is 53.2 Å². The van der Waals surface area contributed by atoms with Crippen LogP contribution in [-0.4, -0.2) is 54.2 Å². The fourth-order valence-electron chi connectivity index (χ4n) is 4.37. The highest BCUT2D eigenvalue weighted by Crippen LogP contribution is 2.37. The van der Waals surface area contributed by atoms with E-state index in [1.807, 2.05) is 0 Å². The number of aromatic nitrogens is 2. The molecule has 2 aromatic heterocycles. The van der Waals surface area contributed by atoms with Gasteiger partial charge in [0.05, 0.1) is 10.5 Å². The predicted octanol–water partition coefficient (Wildman–Crippen LogP) is 5.94. The van der Waals surface area contributed by atoms with Crippen molar-refractivity contribution in [1.82, 2.24) is 20.2 Å². The fraction of sp³-hybridized carbons (Fsp3) is 0.370. The van der Waals surface area contributed by atoms with Crippen molar-refractivity contribution < 1.29 is 66.2 Å². The van der Waals surface area contributed by atoms with E-state index in [0.29, 0.717) is 18.7 Å². The molecule has 0 spiro atoms. The zero-order chi connectivity index (χ0) is 35.2. The highest BCUT2D eigenvalue weighted by molar-refractivity contribution is 7.90. The summed E-state index contributed by atoms with van der Waals surface area (Å²) in [5.41, 5.74) is -0.797. The molecule has 1 N–H and O–H groups in total. The number of sulfone groups is 1. The van der Waals surface area contributed by atoms with E-state index in [1.165, 1.54) is 6.20 Å². The number of nitrogens with zero attached hydrogens (tertiary/aromatic N) is 3. The minimum absolute atomic E-state index is 0.0843. The van der Waals surface area contributed by atoms with Crippen LogP contribution in [0.3, 0.4) is 0 Å². The second kappa shape index (κ2) is 12.5. The largest absolute Gasteiger partial charge is 0.486 e. The van der Waals surface area contributed by atoms with Crippen molar-refractivity contribution >= 4 is 15.7 Å². The molecule has 2 aliphatic rings. The minimum atomic E-state index is -5.94. The first-order valence-electron chi connectivity index (χ1n) is 13.0. The van der Waals surface area contributed by atoms with Crippen LogP contribution in [0.4, 0.5) is 48.3 Å². The maximum atomic E-state index is 13.3. The molecule has 8 nitrogen and oxygen atoms in total. The molecule has 0 unspecified atom stereocenters. The summed E-state index contributed by atoms with van der Waals surface area (Å²) < 4.78 is 167. The van der Waals surface area contributed by atoms with E-state index < -0.39 is 74.4 Å². The van der Waals surface area contributed by atoms with Crippen LogP contribution in [0.5, 0.6) is 5.75 Å². The van der Waals surface area contributed by atoms with Gasteiger partial charge >= 0.3 is 24.5 Å². The van der Waals surface area contributed by atoms with Crippen LogP contribution in [0.2, 0.25) is 0 Å². The van der Waals surface area contributed by atoms with E-state index in [-0.39, 0.29) is 24.2 Å². The van der Waals surface area contributed by atoms with Gasteiger partial charge in [0.1, 0.15) is 17.1 Å². The van der Waals surface area contributed by atoms with E-state index in [4.69, 9.17) is 0 Å². The summed E-state index contributed by atoms with van der Waals surface area (Å²) in [5, 5.41) is 2.96. The molecule has 1 aromatic carbocycles. The third-order valence-electron chi connectivity index (χ3n) is 6.82. The highest BCUT2D eigenvalue weighted by atomic mass is 32.2. The molecular weight excluding hydrogens is 685 g/mol. The zero-order valence-corrected chi connectivity index (χ0v) is 24.4. The summed E-state index contributed by atoms with van der Waals surface area (Å²) >= 11 is 0. The van der Waals surface area contributed by atoms with Crippen LogP contribution in [0.1, 0.15) is 44.0 Å². The number of hydrogen-bond donors (Lipinski definition) is 1. The lowest BCUT2D eigenvalue weighted by Gasteiger charge is -2.22. The molecule has 0 fully saturated rings. The van der Waals surface area contributed by atoms with Crippen molar-refractivity contribution in [3.05, 3.63) is 81.9 Å². The Bertz CT molecular complexity index is 1780. The molecule has 0 radical (unpaired) electrons. The Hall–Kier alpha value is -4.07. The first-order chi connectivity index (χ1) is 21.5. The van der Waals surface area contributed by atoms with Crippen molar-refractivity contribution in [2.75, 3.05) is 12.9 Å².